The molecule has 0 aliphatic heterocycles. The van der Waals surface area contributed by atoms with Gasteiger partial charge in [-0.1, -0.05) is 0 Å². The van der Waals surface area contributed by atoms with Crippen molar-refractivity contribution in [2.75, 3.05) is 44.1 Å². The number of aromatic nitrogens is 3. The Morgan fingerprint density at radius 2 is 2.00 bits per heavy atom. The SMILES string of the molecule is COCCNc1ccnc(N(C)CCc2ccncc2)n1. The number of hydrogen-bond acceptors (Lipinski definition) is 6. The molecule has 0 amide bonds. The van der Waals surface area contributed by atoms with E-state index in [0.29, 0.717) is 12.6 Å². The molecule has 0 atom stereocenters. The van der Waals surface area contributed by atoms with Crippen LogP contribution in [0.25, 0.3) is 0 Å². The second kappa shape index (κ2) is 8.16. The minimum Gasteiger partial charge on any atom is -0.383 e. The molecule has 2 rings (SSSR count). The number of nitrogens with zero attached hydrogens (tertiary/aromatic N) is 4. The van der Waals surface area contributed by atoms with Crippen molar-refractivity contribution < 1.29 is 4.74 Å². The summed E-state index contributed by atoms with van der Waals surface area (Å²) < 4.78 is 5.01. The van der Waals surface area contributed by atoms with Crippen LogP contribution in [0.2, 0.25) is 0 Å². The van der Waals surface area contributed by atoms with Crippen molar-refractivity contribution in [3.05, 3.63) is 42.4 Å². The molecule has 2 heterocycles. The topological polar surface area (TPSA) is 63.2 Å². The van der Waals surface area contributed by atoms with Gasteiger partial charge in [-0.05, 0) is 30.2 Å². The second-order valence-corrected chi connectivity index (χ2v) is 4.69. The third kappa shape index (κ3) is 5.00. The predicted molar refractivity (Wildman–Crippen MR) is 83.6 cm³/mol. The second-order valence-electron chi connectivity index (χ2n) is 4.69. The van der Waals surface area contributed by atoms with Crippen LogP contribution in [0.15, 0.2) is 36.8 Å². The van der Waals surface area contributed by atoms with Gasteiger partial charge in [0.25, 0.3) is 0 Å². The molecule has 0 spiro atoms. The van der Waals surface area contributed by atoms with Gasteiger partial charge in [-0.2, -0.15) is 4.98 Å². The lowest BCUT2D eigenvalue weighted by molar-refractivity contribution is 0.210. The zero-order chi connectivity index (χ0) is 14.9. The Balaban J connectivity index is 1.89. The third-order valence-corrected chi connectivity index (χ3v) is 3.08. The van der Waals surface area contributed by atoms with Gasteiger partial charge in [-0.15, -0.1) is 0 Å². The third-order valence-electron chi connectivity index (χ3n) is 3.08. The van der Waals surface area contributed by atoms with Crippen molar-refractivity contribution in [2.24, 2.45) is 0 Å². The first-order chi connectivity index (χ1) is 10.3. The van der Waals surface area contributed by atoms with Gasteiger partial charge < -0.3 is 15.0 Å². The molecule has 2 aromatic rings. The summed E-state index contributed by atoms with van der Waals surface area (Å²) in [6.07, 6.45) is 6.32. The van der Waals surface area contributed by atoms with Crippen molar-refractivity contribution in [3.8, 4) is 0 Å². The Bertz CT molecular complexity index is 535. The van der Waals surface area contributed by atoms with Crippen LogP contribution in [0.3, 0.4) is 0 Å². The largest absolute Gasteiger partial charge is 0.383 e. The van der Waals surface area contributed by atoms with E-state index in [4.69, 9.17) is 4.74 Å². The molecule has 6 heteroatoms. The molecule has 0 bridgehead atoms. The van der Waals surface area contributed by atoms with E-state index < -0.39 is 0 Å². The summed E-state index contributed by atoms with van der Waals surface area (Å²) in [6.45, 7) is 2.23. The zero-order valence-electron chi connectivity index (χ0n) is 12.5. The smallest absolute Gasteiger partial charge is 0.226 e. The molecule has 21 heavy (non-hydrogen) atoms. The van der Waals surface area contributed by atoms with Gasteiger partial charge in [0.2, 0.25) is 5.95 Å². The number of pyridine rings is 1. The Hall–Kier alpha value is -2.21. The molecule has 0 fully saturated rings. The van der Waals surface area contributed by atoms with E-state index in [1.54, 1.807) is 13.3 Å². The lowest BCUT2D eigenvalue weighted by atomic mass is 10.2. The molecule has 112 valence electrons. The minimum atomic E-state index is 0.650. The summed E-state index contributed by atoms with van der Waals surface area (Å²) in [7, 11) is 3.68. The Labute approximate surface area is 125 Å². The molecule has 0 radical (unpaired) electrons. The van der Waals surface area contributed by atoms with Crippen LogP contribution in [0.4, 0.5) is 11.8 Å². The van der Waals surface area contributed by atoms with Crippen LogP contribution in [0.1, 0.15) is 5.56 Å². The highest BCUT2D eigenvalue weighted by molar-refractivity contribution is 5.40. The Morgan fingerprint density at radius 3 is 2.76 bits per heavy atom. The van der Waals surface area contributed by atoms with Crippen molar-refractivity contribution in [1.29, 1.82) is 0 Å². The molecule has 0 unspecified atom stereocenters. The van der Waals surface area contributed by atoms with E-state index in [1.807, 2.05) is 42.5 Å². The summed E-state index contributed by atoms with van der Waals surface area (Å²) in [5.74, 6) is 1.53. The van der Waals surface area contributed by atoms with Crippen LogP contribution < -0.4 is 10.2 Å². The fourth-order valence-electron chi connectivity index (χ4n) is 1.86. The lowest BCUT2D eigenvalue weighted by Crippen LogP contribution is -2.23. The highest BCUT2D eigenvalue weighted by Crippen LogP contribution is 2.10. The van der Waals surface area contributed by atoms with E-state index in [1.165, 1.54) is 5.56 Å². The van der Waals surface area contributed by atoms with Crippen LogP contribution in [-0.4, -0.2) is 48.8 Å². The zero-order valence-corrected chi connectivity index (χ0v) is 12.5. The minimum absolute atomic E-state index is 0.650. The summed E-state index contributed by atoms with van der Waals surface area (Å²) in [5.41, 5.74) is 1.26. The van der Waals surface area contributed by atoms with Crippen LogP contribution in [0.5, 0.6) is 0 Å². The fraction of sp³-hybridized carbons (Fsp3) is 0.400. The van der Waals surface area contributed by atoms with Crippen LogP contribution >= 0.6 is 0 Å². The average Bonchev–Trinajstić information content (AvgIpc) is 2.54. The normalized spacial score (nSPS) is 10.4. The maximum absolute atomic E-state index is 5.01. The van der Waals surface area contributed by atoms with Gasteiger partial charge in [-0.25, -0.2) is 4.98 Å². The maximum Gasteiger partial charge on any atom is 0.226 e. The summed E-state index contributed by atoms with van der Waals surface area (Å²) in [4.78, 5) is 14.9. The van der Waals surface area contributed by atoms with E-state index in [2.05, 4.69) is 20.3 Å². The monoisotopic (exact) mass is 287 g/mol. The molecule has 0 saturated carbocycles. The quantitative estimate of drug-likeness (QED) is 0.744. The van der Waals surface area contributed by atoms with E-state index in [0.717, 1.165) is 25.3 Å². The van der Waals surface area contributed by atoms with Gasteiger partial charge in [-0.3, -0.25) is 4.98 Å². The molecule has 2 aromatic heterocycles. The van der Waals surface area contributed by atoms with Crippen molar-refractivity contribution in [2.45, 2.75) is 6.42 Å². The van der Waals surface area contributed by atoms with Gasteiger partial charge in [0.1, 0.15) is 5.82 Å². The molecule has 0 saturated heterocycles. The number of nitrogens with one attached hydrogen (secondary N) is 1. The number of ether oxygens (including phenoxy) is 1. The molecule has 0 aliphatic rings. The first kappa shape index (κ1) is 15.2. The Kier molecular flexibility index (Phi) is 5.90. The molecule has 6 nitrogen and oxygen atoms in total. The number of rotatable bonds is 8. The molecular formula is C15H21N5O. The first-order valence-corrected chi connectivity index (χ1v) is 6.95. The maximum atomic E-state index is 5.01. The summed E-state index contributed by atoms with van der Waals surface area (Å²) in [6, 6.07) is 5.91. The van der Waals surface area contributed by atoms with Crippen molar-refractivity contribution >= 4 is 11.8 Å². The van der Waals surface area contributed by atoms with E-state index in [9.17, 15) is 0 Å². The summed E-state index contributed by atoms with van der Waals surface area (Å²) in [5, 5.41) is 3.20. The number of hydrogen-bond donors (Lipinski definition) is 1. The standard InChI is InChI=1S/C15H21N5O/c1-20(11-6-13-3-7-16-8-4-13)15-18-9-5-14(19-15)17-10-12-21-2/h3-5,7-9H,6,10-12H2,1-2H3,(H,17,18,19). The van der Waals surface area contributed by atoms with Crippen LogP contribution in [-0.2, 0) is 11.2 Å². The van der Waals surface area contributed by atoms with Crippen LogP contribution in [0, 0.1) is 0 Å². The lowest BCUT2D eigenvalue weighted by Gasteiger charge is -2.17. The van der Waals surface area contributed by atoms with Gasteiger partial charge in [0, 0.05) is 45.8 Å². The molecule has 0 aliphatic carbocycles. The number of likely N-dealkylation sites (N-methyl/N-ethyl adjacent to an activating group) is 1. The molecule has 0 aromatic carbocycles. The number of anilines is 2. The van der Waals surface area contributed by atoms with Gasteiger partial charge >= 0.3 is 0 Å². The van der Waals surface area contributed by atoms with E-state index >= 15 is 0 Å². The van der Waals surface area contributed by atoms with Crippen molar-refractivity contribution in [3.63, 3.8) is 0 Å². The molecular weight excluding hydrogens is 266 g/mol. The molecule has 1 N–H and O–H groups in total. The fourth-order valence-corrected chi connectivity index (χ4v) is 1.86. The average molecular weight is 287 g/mol. The highest BCUT2D eigenvalue weighted by atomic mass is 16.5. The summed E-state index contributed by atoms with van der Waals surface area (Å²) >= 11 is 0. The number of methoxy groups -OCH3 is 1. The Morgan fingerprint density at radius 1 is 1.19 bits per heavy atom. The highest BCUT2D eigenvalue weighted by Gasteiger charge is 2.05. The van der Waals surface area contributed by atoms with Gasteiger partial charge in [0.15, 0.2) is 0 Å². The van der Waals surface area contributed by atoms with E-state index in [-0.39, 0.29) is 0 Å². The van der Waals surface area contributed by atoms with Gasteiger partial charge in [0.05, 0.1) is 6.61 Å². The first-order valence-electron chi connectivity index (χ1n) is 6.95. The predicted octanol–water partition coefficient (Wildman–Crippen LogP) is 1.61. The van der Waals surface area contributed by atoms with Crippen molar-refractivity contribution in [1.82, 2.24) is 15.0 Å².